The smallest absolute Gasteiger partial charge is 0.279 e. The fraction of sp³-hybridized carbons (Fsp3) is 0.391. The van der Waals surface area contributed by atoms with E-state index in [0.29, 0.717) is 13.1 Å². The second-order valence-corrected chi connectivity index (χ2v) is 7.97. The Hall–Kier alpha value is -2.66. The van der Waals surface area contributed by atoms with Crippen molar-refractivity contribution in [3.63, 3.8) is 0 Å². The number of amides is 2. The molecule has 0 spiro atoms. The Labute approximate surface area is 167 Å². The lowest BCUT2D eigenvalue weighted by Crippen LogP contribution is -3.11. The summed E-state index contributed by atoms with van der Waals surface area (Å²) < 4.78 is 0. The summed E-state index contributed by atoms with van der Waals surface area (Å²) in [5.41, 5.74) is 6.74. The zero-order valence-electron chi connectivity index (χ0n) is 17.3. The number of hydrogen-bond acceptors (Lipinski definition) is 2. The topological polar surface area (TPSA) is 53.9 Å². The molecule has 2 amide bonds. The summed E-state index contributed by atoms with van der Waals surface area (Å²) in [6, 6.07) is 12.4. The van der Waals surface area contributed by atoms with E-state index in [1.807, 2.05) is 44.9 Å². The van der Waals surface area contributed by atoms with Gasteiger partial charge in [0.2, 0.25) is 0 Å². The van der Waals surface area contributed by atoms with Crippen molar-refractivity contribution in [1.82, 2.24) is 4.90 Å². The maximum absolute atomic E-state index is 12.7. The first-order valence-corrected chi connectivity index (χ1v) is 9.87. The third-order valence-electron chi connectivity index (χ3n) is 5.34. The number of quaternary nitrogens is 1. The first kappa shape index (κ1) is 20.1. The van der Waals surface area contributed by atoms with Crippen LogP contribution in [0.5, 0.6) is 0 Å². The lowest BCUT2D eigenvalue weighted by molar-refractivity contribution is -0.862. The number of rotatable bonds is 5. The first-order valence-electron chi connectivity index (χ1n) is 9.87. The molecule has 3 rings (SSSR count). The average Bonchev–Trinajstić information content (AvgIpc) is 2.64. The summed E-state index contributed by atoms with van der Waals surface area (Å²) in [7, 11) is 1.89. The van der Waals surface area contributed by atoms with Gasteiger partial charge in [-0.3, -0.25) is 9.59 Å². The van der Waals surface area contributed by atoms with Gasteiger partial charge in [-0.1, -0.05) is 42.0 Å². The molecule has 28 heavy (non-hydrogen) atoms. The Kier molecular flexibility index (Phi) is 6.15. The van der Waals surface area contributed by atoms with Crippen LogP contribution in [0.1, 0.15) is 27.8 Å². The predicted molar refractivity (Wildman–Crippen MR) is 111 cm³/mol. The van der Waals surface area contributed by atoms with Crippen LogP contribution in [0, 0.1) is 20.8 Å². The van der Waals surface area contributed by atoms with Crippen molar-refractivity contribution in [2.24, 2.45) is 0 Å². The van der Waals surface area contributed by atoms with E-state index >= 15 is 0 Å². The van der Waals surface area contributed by atoms with Crippen molar-refractivity contribution in [1.29, 1.82) is 0 Å². The largest absolute Gasteiger partial charge is 0.333 e. The minimum Gasteiger partial charge on any atom is -0.333 e. The molecular weight excluding hydrogens is 350 g/mol. The third kappa shape index (κ3) is 4.78. The molecule has 0 aliphatic carbocycles. The van der Waals surface area contributed by atoms with Crippen LogP contribution in [-0.2, 0) is 22.6 Å². The molecule has 5 nitrogen and oxygen atoms in total. The summed E-state index contributed by atoms with van der Waals surface area (Å²) in [6.07, 6.45) is 0.896. The number of nitrogens with zero attached hydrogens (tertiary/aromatic N) is 1. The van der Waals surface area contributed by atoms with Crippen LogP contribution in [0.15, 0.2) is 36.4 Å². The number of hydrogen-bond donors (Lipinski definition) is 2. The first-order chi connectivity index (χ1) is 13.3. The highest BCUT2D eigenvalue weighted by Crippen LogP contribution is 2.21. The van der Waals surface area contributed by atoms with Gasteiger partial charge in [0.05, 0.1) is 7.05 Å². The normalized spacial score (nSPS) is 14.4. The van der Waals surface area contributed by atoms with E-state index in [1.54, 1.807) is 0 Å². The Morgan fingerprint density at radius 1 is 1.04 bits per heavy atom. The Bertz CT molecular complexity index is 868. The molecule has 0 bridgehead atoms. The highest BCUT2D eigenvalue weighted by molar-refractivity contribution is 5.93. The van der Waals surface area contributed by atoms with E-state index < -0.39 is 0 Å². The van der Waals surface area contributed by atoms with E-state index in [0.717, 1.165) is 34.7 Å². The zero-order chi connectivity index (χ0) is 20.3. The van der Waals surface area contributed by atoms with E-state index in [9.17, 15) is 9.59 Å². The molecule has 1 atom stereocenters. The lowest BCUT2D eigenvalue weighted by Gasteiger charge is -2.29. The van der Waals surface area contributed by atoms with Crippen molar-refractivity contribution in [2.45, 2.75) is 33.7 Å². The van der Waals surface area contributed by atoms with Gasteiger partial charge in [0.1, 0.15) is 0 Å². The molecule has 0 fully saturated rings. The fourth-order valence-electron chi connectivity index (χ4n) is 3.98. The van der Waals surface area contributed by atoms with Crippen molar-refractivity contribution >= 4 is 17.5 Å². The van der Waals surface area contributed by atoms with E-state index in [2.05, 4.69) is 29.6 Å². The van der Waals surface area contributed by atoms with Crippen LogP contribution in [-0.4, -0.2) is 43.4 Å². The second kappa shape index (κ2) is 8.57. The van der Waals surface area contributed by atoms with Gasteiger partial charge in [-0.05, 0) is 49.4 Å². The van der Waals surface area contributed by atoms with Gasteiger partial charge in [-0.15, -0.1) is 0 Å². The van der Waals surface area contributed by atoms with Gasteiger partial charge in [0, 0.05) is 18.8 Å². The quantitative estimate of drug-likeness (QED) is 0.829. The Morgan fingerprint density at radius 3 is 2.36 bits per heavy atom. The van der Waals surface area contributed by atoms with E-state index in [1.165, 1.54) is 16.7 Å². The Balaban J connectivity index is 1.53. The van der Waals surface area contributed by atoms with Crippen molar-refractivity contribution < 1.29 is 14.5 Å². The Morgan fingerprint density at radius 2 is 1.68 bits per heavy atom. The number of likely N-dealkylation sites (N-methyl/N-ethyl adjacent to an activating group) is 1. The molecule has 2 aromatic carbocycles. The van der Waals surface area contributed by atoms with Crippen molar-refractivity contribution in [3.8, 4) is 0 Å². The van der Waals surface area contributed by atoms with Crippen LogP contribution >= 0.6 is 0 Å². The van der Waals surface area contributed by atoms with Gasteiger partial charge in [-0.2, -0.15) is 0 Å². The number of nitrogens with one attached hydrogen (secondary N) is 2. The van der Waals surface area contributed by atoms with Gasteiger partial charge in [0.15, 0.2) is 13.1 Å². The third-order valence-corrected chi connectivity index (χ3v) is 5.34. The fourth-order valence-corrected chi connectivity index (χ4v) is 3.98. The van der Waals surface area contributed by atoms with Crippen LogP contribution < -0.4 is 10.2 Å². The summed E-state index contributed by atoms with van der Waals surface area (Å²) in [4.78, 5) is 27.9. The number of carbonyl (C=O) groups excluding carboxylic acids is 2. The lowest BCUT2D eigenvalue weighted by atomic mass is 10.00. The molecule has 2 aromatic rings. The summed E-state index contributed by atoms with van der Waals surface area (Å²) >= 11 is 0. The monoisotopic (exact) mass is 380 g/mol. The summed E-state index contributed by atoms with van der Waals surface area (Å²) in [6.45, 7) is 8.06. The molecule has 1 heterocycles. The number of fused-ring (bicyclic) bond motifs is 1. The zero-order valence-corrected chi connectivity index (χ0v) is 17.3. The van der Waals surface area contributed by atoms with Crippen molar-refractivity contribution in [2.75, 3.05) is 32.0 Å². The van der Waals surface area contributed by atoms with Gasteiger partial charge in [0.25, 0.3) is 11.8 Å². The van der Waals surface area contributed by atoms with E-state index in [4.69, 9.17) is 0 Å². The molecular formula is C23H30N3O2+. The predicted octanol–water partition coefficient (Wildman–Crippen LogP) is 1.65. The molecule has 0 radical (unpaired) electrons. The number of anilines is 1. The van der Waals surface area contributed by atoms with Crippen LogP contribution in [0.4, 0.5) is 5.69 Å². The number of carbonyl (C=O) groups is 2. The number of aryl methyl sites for hydroxylation is 3. The highest BCUT2D eigenvalue weighted by Gasteiger charge is 2.23. The average molecular weight is 381 g/mol. The van der Waals surface area contributed by atoms with Gasteiger partial charge < -0.3 is 15.1 Å². The SMILES string of the molecule is Cc1cc(C)c(NC(=O)C[NH+](C)CC(=O)N2CCc3ccccc3C2)c(C)c1. The van der Waals surface area contributed by atoms with E-state index in [-0.39, 0.29) is 18.4 Å². The minimum absolute atomic E-state index is 0.0654. The molecule has 1 unspecified atom stereocenters. The number of benzene rings is 2. The van der Waals surface area contributed by atoms with Gasteiger partial charge in [-0.25, -0.2) is 0 Å². The summed E-state index contributed by atoms with van der Waals surface area (Å²) in [5, 5.41) is 3.02. The molecule has 1 aliphatic heterocycles. The molecule has 2 N–H and O–H groups in total. The molecule has 0 aromatic heterocycles. The minimum atomic E-state index is -0.0654. The molecule has 0 saturated heterocycles. The molecule has 1 aliphatic rings. The molecule has 0 saturated carbocycles. The van der Waals surface area contributed by atoms with Gasteiger partial charge >= 0.3 is 0 Å². The summed E-state index contributed by atoms with van der Waals surface area (Å²) in [5.74, 6) is 0.0341. The second-order valence-electron chi connectivity index (χ2n) is 7.97. The van der Waals surface area contributed by atoms with Crippen molar-refractivity contribution in [3.05, 3.63) is 64.2 Å². The van der Waals surface area contributed by atoms with Crippen LogP contribution in [0.25, 0.3) is 0 Å². The van der Waals surface area contributed by atoms with Crippen LogP contribution in [0.3, 0.4) is 0 Å². The standard InChI is InChI=1S/C23H29N3O2/c1-16-11-17(2)23(18(3)12-16)24-21(27)14-25(4)15-22(28)26-10-9-19-7-5-6-8-20(19)13-26/h5-8,11-12H,9-10,13-15H2,1-4H3,(H,24,27)/p+1. The highest BCUT2D eigenvalue weighted by atomic mass is 16.2. The maximum Gasteiger partial charge on any atom is 0.279 e. The van der Waals surface area contributed by atoms with Crippen LogP contribution in [0.2, 0.25) is 0 Å². The maximum atomic E-state index is 12.7. The molecule has 148 valence electrons. The molecule has 5 heteroatoms.